The van der Waals surface area contributed by atoms with Gasteiger partial charge in [-0.15, -0.1) is 0 Å². The molecule has 2 rings (SSSR count). The molecule has 0 aliphatic heterocycles. The van der Waals surface area contributed by atoms with E-state index in [1.165, 1.54) is 0 Å². The molecular weight excluding hydrogens is 357 g/mol. The summed E-state index contributed by atoms with van der Waals surface area (Å²) in [5, 5.41) is -0.684. The molecule has 0 amide bonds. The van der Waals surface area contributed by atoms with Crippen molar-refractivity contribution < 1.29 is 5.48 Å². The lowest BCUT2D eigenvalue weighted by Gasteiger charge is -2.13. The number of benzene rings is 2. The van der Waals surface area contributed by atoms with Crippen LogP contribution >= 0.6 is 69.6 Å². The van der Waals surface area contributed by atoms with Gasteiger partial charge < -0.3 is 0 Å². The first kappa shape index (κ1) is 9.99. The first-order valence-corrected chi connectivity index (χ1v) is 6.65. The molecule has 0 radical (unpaired) electrons. The molecular formula is C12H4Cl6. The van der Waals surface area contributed by atoms with Crippen LogP contribution in [0.5, 0.6) is 0 Å². The van der Waals surface area contributed by atoms with Gasteiger partial charge in [-0.05, 0) is 6.04 Å². The third-order valence-corrected chi connectivity index (χ3v) is 4.66. The minimum Gasteiger partial charge on any atom is -0.0837 e. The fourth-order valence-corrected chi connectivity index (χ4v) is 2.81. The summed E-state index contributed by atoms with van der Waals surface area (Å²) >= 11 is 36.2. The van der Waals surface area contributed by atoms with E-state index in [9.17, 15) is 0 Å². The summed E-state index contributed by atoms with van der Waals surface area (Å²) in [7, 11) is 0. The largest absolute Gasteiger partial charge is 0.0837 e. The van der Waals surface area contributed by atoms with Crippen LogP contribution in [0.15, 0.2) is 24.2 Å². The first-order valence-electron chi connectivity index (χ1n) is 6.38. The van der Waals surface area contributed by atoms with Gasteiger partial charge in [0.2, 0.25) is 0 Å². The zero-order valence-corrected chi connectivity index (χ0v) is 12.8. The Labute approximate surface area is 140 Å². The highest BCUT2D eigenvalue weighted by Gasteiger charge is 2.21. The molecule has 0 unspecified atom stereocenters. The molecule has 0 aromatic heterocycles. The molecule has 0 N–H and O–H groups in total. The number of hydrogen-bond donors (Lipinski definition) is 0. The average Bonchev–Trinajstić information content (AvgIpc) is 2.50. The van der Waals surface area contributed by atoms with Crippen LogP contribution in [0.4, 0.5) is 0 Å². The third-order valence-electron chi connectivity index (χ3n) is 2.10. The quantitative estimate of drug-likeness (QED) is 0.368. The van der Waals surface area contributed by atoms with Crippen molar-refractivity contribution in [1.82, 2.24) is 0 Å². The molecule has 0 nitrogen and oxygen atoms in total. The molecule has 94 valence electrons. The Morgan fingerprint density at radius 3 is 1.67 bits per heavy atom. The summed E-state index contributed by atoms with van der Waals surface area (Å²) in [4.78, 5) is 0. The molecule has 0 aliphatic carbocycles. The lowest BCUT2D eigenvalue weighted by molar-refractivity contribution is 1.61. The second kappa shape index (κ2) is 5.66. The van der Waals surface area contributed by atoms with E-state index in [-0.39, 0.29) is 41.3 Å². The van der Waals surface area contributed by atoms with E-state index < -0.39 is 24.2 Å². The van der Waals surface area contributed by atoms with Crippen molar-refractivity contribution in [3.05, 3.63) is 54.3 Å². The Morgan fingerprint density at radius 2 is 1.11 bits per heavy atom. The predicted octanol–water partition coefficient (Wildman–Crippen LogP) is 7.27. The smallest absolute Gasteiger partial charge is 0.0809 e. The molecule has 6 heteroatoms. The standard InChI is InChI=1S/C12H4Cl6/c13-6-4-2-1-3-5(6)7-8(14)10(16)12(18)11(17)9(7)15/h1-4H/i1D,2D,3D,4D. The van der Waals surface area contributed by atoms with E-state index in [0.717, 1.165) is 0 Å². The van der Waals surface area contributed by atoms with E-state index in [2.05, 4.69) is 0 Å². The molecule has 0 spiro atoms. The summed E-state index contributed by atoms with van der Waals surface area (Å²) < 4.78 is 31.1. The van der Waals surface area contributed by atoms with Gasteiger partial charge in [0.25, 0.3) is 0 Å². The van der Waals surface area contributed by atoms with Gasteiger partial charge in [-0.25, -0.2) is 0 Å². The van der Waals surface area contributed by atoms with Crippen LogP contribution in [0.2, 0.25) is 30.1 Å². The summed E-state index contributed by atoms with van der Waals surface area (Å²) in [5.74, 6) is 0. The molecule has 0 saturated carbocycles. The lowest BCUT2D eigenvalue weighted by Crippen LogP contribution is -1.87. The molecule has 2 aromatic rings. The summed E-state index contributed by atoms with van der Waals surface area (Å²) in [6.07, 6.45) is 0. The van der Waals surface area contributed by atoms with Crippen LogP contribution in [0.1, 0.15) is 5.48 Å². The van der Waals surface area contributed by atoms with Crippen molar-refractivity contribution in [2.45, 2.75) is 0 Å². The average molecular weight is 365 g/mol. The topological polar surface area (TPSA) is 0 Å². The van der Waals surface area contributed by atoms with E-state index in [0.29, 0.717) is 0 Å². The maximum absolute atomic E-state index is 7.99. The Morgan fingerprint density at radius 1 is 0.667 bits per heavy atom. The number of rotatable bonds is 1. The predicted molar refractivity (Wildman–Crippen MR) is 81.9 cm³/mol. The van der Waals surface area contributed by atoms with Crippen LogP contribution in [0, 0.1) is 0 Å². The molecule has 0 fully saturated rings. The number of halogens is 6. The fourth-order valence-electron chi connectivity index (χ4n) is 1.29. The van der Waals surface area contributed by atoms with Crippen LogP contribution < -0.4 is 0 Å². The summed E-state index contributed by atoms with van der Waals surface area (Å²) in [6, 6.07) is -1.80. The SMILES string of the molecule is [2H]c1c([2H])c([2H])c(-c2c(Cl)c(Cl)c(Cl)c(Cl)c2Cl)c(Cl)c1[2H]. The zero-order chi connectivity index (χ0) is 16.9. The Hall–Kier alpha value is 0.180. The van der Waals surface area contributed by atoms with Crippen LogP contribution in [0.3, 0.4) is 0 Å². The van der Waals surface area contributed by atoms with Crippen molar-refractivity contribution >= 4 is 69.6 Å². The normalized spacial score (nSPS) is 13.9. The van der Waals surface area contributed by atoms with Gasteiger partial charge >= 0.3 is 0 Å². The summed E-state index contributed by atoms with van der Waals surface area (Å²) in [5.41, 5.74) is -0.0946. The number of hydrogen-bond acceptors (Lipinski definition) is 0. The minimum absolute atomic E-state index is 0.000247. The minimum atomic E-state index is -0.487. The zero-order valence-electron chi connectivity index (χ0n) is 12.3. The Kier molecular flexibility index (Phi) is 3.14. The maximum Gasteiger partial charge on any atom is 0.0809 e. The van der Waals surface area contributed by atoms with Crippen molar-refractivity contribution in [1.29, 1.82) is 0 Å². The van der Waals surface area contributed by atoms with Crippen molar-refractivity contribution in [2.24, 2.45) is 0 Å². The maximum atomic E-state index is 7.99. The van der Waals surface area contributed by atoms with Gasteiger partial charge in [-0.3, -0.25) is 0 Å². The highest BCUT2D eigenvalue weighted by molar-refractivity contribution is 6.56. The van der Waals surface area contributed by atoms with E-state index in [1.54, 1.807) is 0 Å². The summed E-state index contributed by atoms with van der Waals surface area (Å²) in [6.45, 7) is 0. The van der Waals surface area contributed by atoms with E-state index >= 15 is 0 Å². The van der Waals surface area contributed by atoms with E-state index in [4.69, 9.17) is 75.1 Å². The van der Waals surface area contributed by atoms with Crippen LogP contribution in [-0.4, -0.2) is 0 Å². The third kappa shape index (κ3) is 2.43. The van der Waals surface area contributed by atoms with Crippen molar-refractivity contribution in [3.8, 4) is 11.1 Å². The van der Waals surface area contributed by atoms with Gasteiger partial charge in [0, 0.05) is 16.1 Å². The molecule has 0 bridgehead atoms. The molecule has 0 saturated heterocycles. The van der Waals surface area contributed by atoms with Crippen LogP contribution in [0.25, 0.3) is 11.1 Å². The lowest BCUT2D eigenvalue weighted by atomic mass is 10.1. The monoisotopic (exact) mass is 362 g/mol. The highest BCUT2D eigenvalue weighted by atomic mass is 35.5. The van der Waals surface area contributed by atoms with Gasteiger partial charge in [-0.1, -0.05) is 87.7 Å². The first-order chi connectivity index (χ1) is 10.1. The van der Waals surface area contributed by atoms with Gasteiger partial charge in [0.1, 0.15) is 0 Å². The van der Waals surface area contributed by atoms with Crippen LogP contribution in [-0.2, 0) is 0 Å². The van der Waals surface area contributed by atoms with Crippen molar-refractivity contribution in [3.63, 3.8) is 0 Å². The fraction of sp³-hybridized carbons (Fsp3) is 0. The molecule has 0 heterocycles. The van der Waals surface area contributed by atoms with Gasteiger partial charge in [0.05, 0.1) is 30.6 Å². The van der Waals surface area contributed by atoms with Crippen molar-refractivity contribution in [2.75, 3.05) is 0 Å². The van der Waals surface area contributed by atoms with Gasteiger partial charge in [0.15, 0.2) is 0 Å². The Balaban J connectivity index is 3.03. The molecule has 18 heavy (non-hydrogen) atoms. The second-order valence-electron chi connectivity index (χ2n) is 3.13. The van der Waals surface area contributed by atoms with E-state index in [1.807, 2.05) is 0 Å². The molecule has 0 aliphatic rings. The molecule has 0 atom stereocenters. The van der Waals surface area contributed by atoms with Gasteiger partial charge in [-0.2, -0.15) is 0 Å². The second-order valence-corrected chi connectivity index (χ2v) is 5.40. The molecule has 2 aromatic carbocycles. The Bertz CT molecular complexity index is 680. The highest BCUT2D eigenvalue weighted by Crippen LogP contribution is 2.49.